The number of nitrogens with zero attached hydrogens (tertiary/aromatic N) is 3. The number of pyridine rings is 1. The smallest absolute Gasteiger partial charge is 0.262 e. The molecule has 1 aromatic carbocycles. The summed E-state index contributed by atoms with van der Waals surface area (Å²) in [4.78, 5) is 8.14. The Labute approximate surface area is 123 Å². The van der Waals surface area contributed by atoms with Crippen molar-refractivity contribution in [3.63, 3.8) is 0 Å². The summed E-state index contributed by atoms with van der Waals surface area (Å²) in [5.74, 6) is 0.763. The second-order valence-electron chi connectivity index (χ2n) is 4.28. The van der Waals surface area contributed by atoms with Crippen LogP contribution < -0.4 is 0 Å². The highest BCUT2D eigenvalue weighted by Gasteiger charge is 2.15. The van der Waals surface area contributed by atoms with Gasteiger partial charge in [-0.05, 0) is 36.8 Å². The molecule has 0 aliphatic rings. The molecule has 0 amide bonds. The number of benzene rings is 1. The van der Waals surface area contributed by atoms with Crippen molar-refractivity contribution in [1.29, 1.82) is 0 Å². The van der Waals surface area contributed by atoms with Crippen LogP contribution in [0.15, 0.2) is 45.7 Å². The van der Waals surface area contributed by atoms with Gasteiger partial charge in [0.2, 0.25) is 5.82 Å². The quantitative estimate of drug-likeness (QED) is 0.777. The molecule has 5 nitrogen and oxygen atoms in total. The summed E-state index contributed by atoms with van der Waals surface area (Å²) in [6.07, 6.45) is 2.90. The molecule has 0 fully saturated rings. The Bertz CT molecular complexity index is 771. The average molecular weight is 332 g/mol. The monoisotopic (exact) mass is 331 g/mol. The van der Waals surface area contributed by atoms with Crippen molar-refractivity contribution in [3.05, 3.63) is 46.7 Å². The van der Waals surface area contributed by atoms with Crippen LogP contribution in [0, 0.1) is 6.92 Å². The van der Waals surface area contributed by atoms with E-state index in [1.165, 1.54) is 6.20 Å². The highest BCUT2D eigenvalue weighted by atomic mass is 79.9. The molecule has 6 heteroatoms. The van der Waals surface area contributed by atoms with Crippen molar-refractivity contribution in [3.8, 4) is 28.6 Å². The van der Waals surface area contributed by atoms with Gasteiger partial charge in [0.15, 0.2) is 0 Å². The Morgan fingerprint density at radius 3 is 2.80 bits per heavy atom. The molecular weight excluding hydrogens is 322 g/mol. The van der Waals surface area contributed by atoms with Crippen molar-refractivity contribution in [2.75, 3.05) is 0 Å². The summed E-state index contributed by atoms with van der Waals surface area (Å²) in [6, 6.07) is 7.44. The Kier molecular flexibility index (Phi) is 3.23. The summed E-state index contributed by atoms with van der Waals surface area (Å²) in [5.41, 5.74) is 2.39. The Morgan fingerprint density at radius 2 is 2.05 bits per heavy atom. The maximum Gasteiger partial charge on any atom is 0.262 e. The first-order valence-corrected chi connectivity index (χ1v) is 6.68. The third-order valence-corrected chi connectivity index (χ3v) is 3.38. The van der Waals surface area contributed by atoms with Gasteiger partial charge in [0.1, 0.15) is 5.75 Å². The third kappa shape index (κ3) is 2.30. The van der Waals surface area contributed by atoms with E-state index < -0.39 is 0 Å². The van der Waals surface area contributed by atoms with E-state index in [0.29, 0.717) is 11.4 Å². The molecule has 0 spiro atoms. The maximum absolute atomic E-state index is 9.74. The Hall–Kier alpha value is -2.21. The number of aromatic hydroxyl groups is 1. The van der Waals surface area contributed by atoms with Gasteiger partial charge >= 0.3 is 0 Å². The summed E-state index contributed by atoms with van der Waals surface area (Å²) >= 11 is 3.42. The number of hydrogen-bond donors (Lipinski definition) is 1. The van der Waals surface area contributed by atoms with E-state index in [1.807, 2.05) is 25.1 Å². The molecule has 0 atom stereocenters. The summed E-state index contributed by atoms with van der Waals surface area (Å²) in [5, 5.41) is 13.7. The van der Waals surface area contributed by atoms with Gasteiger partial charge in [0, 0.05) is 16.2 Å². The standard InChI is InChI=1S/C14H10BrN3O2/c1-8-6-9(15)2-3-10(8)13-17-14(20-18-13)11-4-5-16-7-12(11)19/h2-7,19H,1H3. The molecule has 0 unspecified atom stereocenters. The molecule has 0 aliphatic carbocycles. The fraction of sp³-hybridized carbons (Fsp3) is 0.0714. The molecule has 3 aromatic rings. The maximum atomic E-state index is 9.74. The van der Waals surface area contributed by atoms with E-state index in [1.54, 1.807) is 12.3 Å². The van der Waals surface area contributed by atoms with Gasteiger partial charge in [-0.15, -0.1) is 0 Å². The van der Waals surface area contributed by atoms with Gasteiger partial charge in [-0.3, -0.25) is 4.98 Å². The van der Waals surface area contributed by atoms with E-state index >= 15 is 0 Å². The molecule has 0 radical (unpaired) electrons. The van der Waals surface area contributed by atoms with E-state index in [4.69, 9.17) is 4.52 Å². The first-order chi connectivity index (χ1) is 9.65. The molecule has 20 heavy (non-hydrogen) atoms. The zero-order valence-electron chi connectivity index (χ0n) is 10.5. The van der Waals surface area contributed by atoms with Crippen molar-refractivity contribution in [1.82, 2.24) is 15.1 Å². The lowest BCUT2D eigenvalue weighted by molar-refractivity contribution is 0.425. The number of rotatable bonds is 2. The van der Waals surface area contributed by atoms with Crippen LogP contribution in [0.25, 0.3) is 22.8 Å². The predicted octanol–water partition coefficient (Wildman–Crippen LogP) is 3.58. The minimum Gasteiger partial charge on any atom is -0.505 e. The van der Waals surface area contributed by atoms with Gasteiger partial charge in [-0.2, -0.15) is 4.98 Å². The lowest BCUT2D eigenvalue weighted by atomic mass is 10.1. The molecule has 3 rings (SSSR count). The second kappa shape index (κ2) is 5.05. The number of halogens is 1. The van der Waals surface area contributed by atoms with Crippen molar-refractivity contribution in [2.24, 2.45) is 0 Å². The zero-order chi connectivity index (χ0) is 14.1. The zero-order valence-corrected chi connectivity index (χ0v) is 12.1. The van der Waals surface area contributed by atoms with E-state index in [0.717, 1.165) is 15.6 Å². The Balaban J connectivity index is 2.04. The van der Waals surface area contributed by atoms with Gasteiger partial charge in [0.05, 0.1) is 11.8 Å². The van der Waals surface area contributed by atoms with Crippen molar-refractivity contribution in [2.45, 2.75) is 6.92 Å². The van der Waals surface area contributed by atoms with Crippen LogP contribution in [-0.4, -0.2) is 20.2 Å². The second-order valence-corrected chi connectivity index (χ2v) is 5.19. The van der Waals surface area contributed by atoms with Gasteiger partial charge in [0.25, 0.3) is 5.89 Å². The van der Waals surface area contributed by atoms with Crippen molar-refractivity contribution >= 4 is 15.9 Å². The van der Waals surface area contributed by atoms with E-state index in [2.05, 4.69) is 31.1 Å². The van der Waals surface area contributed by atoms with Crippen LogP contribution in [0.4, 0.5) is 0 Å². The van der Waals surface area contributed by atoms with Crippen LogP contribution >= 0.6 is 15.9 Å². The Morgan fingerprint density at radius 1 is 1.20 bits per heavy atom. The molecule has 0 saturated heterocycles. The van der Waals surface area contributed by atoms with E-state index in [-0.39, 0.29) is 11.6 Å². The van der Waals surface area contributed by atoms with Crippen LogP contribution in [0.2, 0.25) is 0 Å². The molecular formula is C14H10BrN3O2. The van der Waals surface area contributed by atoms with E-state index in [9.17, 15) is 5.11 Å². The topological polar surface area (TPSA) is 72.0 Å². The fourth-order valence-corrected chi connectivity index (χ4v) is 2.36. The van der Waals surface area contributed by atoms with Crippen LogP contribution in [0.3, 0.4) is 0 Å². The molecule has 1 N–H and O–H groups in total. The van der Waals surface area contributed by atoms with Crippen LogP contribution in [-0.2, 0) is 0 Å². The van der Waals surface area contributed by atoms with Crippen LogP contribution in [0.1, 0.15) is 5.56 Å². The van der Waals surface area contributed by atoms with Gasteiger partial charge in [-0.1, -0.05) is 21.1 Å². The molecule has 0 aliphatic heterocycles. The highest BCUT2D eigenvalue weighted by molar-refractivity contribution is 9.10. The molecule has 100 valence electrons. The van der Waals surface area contributed by atoms with Gasteiger partial charge < -0.3 is 9.63 Å². The van der Waals surface area contributed by atoms with Gasteiger partial charge in [-0.25, -0.2) is 0 Å². The normalized spacial score (nSPS) is 10.7. The SMILES string of the molecule is Cc1cc(Br)ccc1-c1noc(-c2ccncc2O)n1. The number of aromatic nitrogens is 3. The average Bonchev–Trinajstić information content (AvgIpc) is 2.88. The molecule has 2 aromatic heterocycles. The predicted molar refractivity (Wildman–Crippen MR) is 77.1 cm³/mol. The lowest BCUT2D eigenvalue weighted by Crippen LogP contribution is -1.86. The molecule has 0 saturated carbocycles. The minimum atomic E-state index is 0.00947. The summed E-state index contributed by atoms with van der Waals surface area (Å²) < 4.78 is 6.21. The number of aryl methyl sites for hydroxylation is 1. The molecule has 0 bridgehead atoms. The summed E-state index contributed by atoms with van der Waals surface area (Å²) in [7, 11) is 0. The first-order valence-electron chi connectivity index (χ1n) is 5.89. The van der Waals surface area contributed by atoms with Crippen LogP contribution in [0.5, 0.6) is 5.75 Å². The molecule has 2 heterocycles. The number of hydrogen-bond acceptors (Lipinski definition) is 5. The fourth-order valence-electron chi connectivity index (χ4n) is 1.89. The lowest BCUT2D eigenvalue weighted by Gasteiger charge is -2.00. The largest absolute Gasteiger partial charge is 0.505 e. The van der Waals surface area contributed by atoms with Crippen molar-refractivity contribution < 1.29 is 9.63 Å². The highest BCUT2D eigenvalue weighted by Crippen LogP contribution is 2.29. The first kappa shape index (κ1) is 12.8. The minimum absolute atomic E-state index is 0.00947. The third-order valence-electron chi connectivity index (χ3n) is 2.89. The summed E-state index contributed by atoms with van der Waals surface area (Å²) in [6.45, 7) is 1.97.